The molecule has 0 aliphatic heterocycles. The van der Waals surface area contributed by atoms with E-state index in [1.807, 2.05) is 54.6 Å². The molecule has 2 N–H and O–H groups in total. The molecular formula is C44H54N8O4. The molecule has 0 amide bonds. The molecule has 0 aliphatic rings. The van der Waals surface area contributed by atoms with Gasteiger partial charge in [-0.2, -0.15) is 15.5 Å². The molecule has 2 heterocycles. The summed E-state index contributed by atoms with van der Waals surface area (Å²) in [5, 5.41) is 48.8. The largest absolute Gasteiger partial charge is 0.503 e. The van der Waals surface area contributed by atoms with Crippen molar-refractivity contribution in [3.8, 4) is 17.8 Å². The van der Waals surface area contributed by atoms with E-state index in [9.17, 15) is 25.1 Å². The first kappa shape index (κ1) is 42.9. The molecule has 0 saturated carbocycles. The maximum atomic E-state index is 13.7. The number of aryl methyl sites for hydroxylation is 2. The zero-order valence-electron chi connectivity index (χ0n) is 33.2. The van der Waals surface area contributed by atoms with Crippen molar-refractivity contribution in [2.75, 3.05) is 0 Å². The first-order chi connectivity index (χ1) is 27.1. The Morgan fingerprint density at radius 3 is 1.46 bits per heavy atom. The lowest BCUT2D eigenvalue weighted by Crippen LogP contribution is -2.28. The first-order valence-corrected chi connectivity index (χ1v) is 19.9. The van der Waals surface area contributed by atoms with Gasteiger partial charge in [-0.25, -0.2) is 4.85 Å². The second kappa shape index (κ2) is 21.9. The Morgan fingerprint density at radius 2 is 1.04 bits per heavy atom. The second-order valence-corrected chi connectivity index (χ2v) is 14.2. The van der Waals surface area contributed by atoms with Gasteiger partial charge in [0.2, 0.25) is 11.6 Å². The molecule has 0 radical (unpaired) electrons. The van der Waals surface area contributed by atoms with Gasteiger partial charge >= 0.3 is 0 Å². The SMILES string of the molecule is [C-]#[N+]c1c(C)c(N=Nc2ccc(CCCCCCCC)cc2)c(=O)n(CCn2c(O)c(C#N)c(C)c(N=Nc3ccc(CCCCCCCC)cc3)c2=O)c1O. The maximum Gasteiger partial charge on any atom is 0.281 e. The third kappa shape index (κ3) is 11.3. The highest BCUT2D eigenvalue weighted by Gasteiger charge is 2.22. The summed E-state index contributed by atoms with van der Waals surface area (Å²) in [6.07, 6.45) is 16.5. The second-order valence-electron chi connectivity index (χ2n) is 14.2. The minimum Gasteiger partial charge on any atom is -0.503 e. The van der Waals surface area contributed by atoms with Gasteiger partial charge in [0, 0.05) is 18.7 Å². The fourth-order valence-electron chi connectivity index (χ4n) is 6.61. The van der Waals surface area contributed by atoms with E-state index in [-0.39, 0.29) is 46.8 Å². The van der Waals surface area contributed by atoms with Gasteiger partial charge in [-0.1, -0.05) is 102 Å². The predicted octanol–water partition coefficient (Wildman–Crippen LogP) is 11.8. The van der Waals surface area contributed by atoms with Crippen molar-refractivity contribution in [1.29, 1.82) is 5.26 Å². The van der Waals surface area contributed by atoms with Crippen LogP contribution in [0.4, 0.5) is 28.4 Å². The van der Waals surface area contributed by atoms with Crippen molar-refractivity contribution < 1.29 is 10.2 Å². The van der Waals surface area contributed by atoms with Crippen LogP contribution in [0, 0.1) is 31.8 Å². The molecule has 0 aliphatic carbocycles. The van der Waals surface area contributed by atoms with E-state index in [0.29, 0.717) is 11.4 Å². The van der Waals surface area contributed by atoms with Crippen LogP contribution >= 0.6 is 0 Å². The van der Waals surface area contributed by atoms with E-state index in [2.05, 4.69) is 39.1 Å². The molecule has 0 spiro atoms. The fraction of sp³-hybridized carbons (Fsp3) is 0.455. The van der Waals surface area contributed by atoms with Gasteiger partial charge in [-0.15, -0.1) is 10.2 Å². The summed E-state index contributed by atoms with van der Waals surface area (Å²) in [4.78, 5) is 30.8. The number of nitriles is 1. The molecule has 12 heteroatoms. The average molecular weight is 759 g/mol. The summed E-state index contributed by atoms with van der Waals surface area (Å²) in [6, 6.07) is 17.1. The molecule has 2 aromatic carbocycles. The Bertz CT molecular complexity index is 2030. The Morgan fingerprint density at radius 1 is 0.625 bits per heavy atom. The van der Waals surface area contributed by atoms with E-state index in [4.69, 9.17) is 6.57 Å². The van der Waals surface area contributed by atoms with Gasteiger partial charge < -0.3 is 10.2 Å². The monoisotopic (exact) mass is 758 g/mol. The molecule has 0 saturated heterocycles. The van der Waals surface area contributed by atoms with Crippen LogP contribution in [-0.4, -0.2) is 19.3 Å². The van der Waals surface area contributed by atoms with Gasteiger partial charge in [-0.3, -0.25) is 18.7 Å². The Labute approximate surface area is 329 Å². The molecule has 0 fully saturated rings. The number of unbranched alkanes of at least 4 members (excludes halogenated alkanes) is 10. The molecule has 0 unspecified atom stereocenters. The zero-order chi connectivity index (χ0) is 40.5. The maximum absolute atomic E-state index is 13.7. The van der Waals surface area contributed by atoms with Crippen LogP contribution in [0.15, 0.2) is 78.6 Å². The third-order valence-corrected chi connectivity index (χ3v) is 10.1. The highest BCUT2D eigenvalue weighted by atomic mass is 16.3. The summed E-state index contributed by atoms with van der Waals surface area (Å²) < 4.78 is 1.81. The Kier molecular flexibility index (Phi) is 16.7. The molecule has 4 aromatic rings. The van der Waals surface area contributed by atoms with Crippen LogP contribution in [-0.2, 0) is 25.9 Å². The summed E-state index contributed by atoms with van der Waals surface area (Å²) in [6.45, 7) is 14.4. The number of azo groups is 2. The first-order valence-electron chi connectivity index (χ1n) is 19.9. The minimum absolute atomic E-state index is 0.143. The fourth-order valence-corrected chi connectivity index (χ4v) is 6.61. The predicted molar refractivity (Wildman–Crippen MR) is 221 cm³/mol. The van der Waals surface area contributed by atoms with Crippen molar-refractivity contribution >= 4 is 28.4 Å². The lowest BCUT2D eigenvalue weighted by atomic mass is 10.0. The number of nitrogens with zero attached hydrogens (tertiary/aromatic N) is 8. The number of benzene rings is 2. The topological polar surface area (TPSA) is 162 Å². The zero-order valence-corrected chi connectivity index (χ0v) is 33.2. The number of rotatable bonds is 21. The van der Waals surface area contributed by atoms with Crippen LogP contribution in [0.1, 0.15) is 119 Å². The van der Waals surface area contributed by atoms with Crippen LogP contribution < -0.4 is 11.1 Å². The van der Waals surface area contributed by atoms with E-state index in [0.717, 1.165) is 34.8 Å². The van der Waals surface area contributed by atoms with Crippen molar-refractivity contribution in [1.82, 2.24) is 9.13 Å². The average Bonchev–Trinajstić information content (AvgIpc) is 3.19. The number of pyridine rings is 2. The van der Waals surface area contributed by atoms with Crippen molar-refractivity contribution in [2.24, 2.45) is 20.5 Å². The molecule has 12 nitrogen and oxygen atoms in total. The smallest absolute Gasteiger partial charge is 0.281 e. The highest BCUT2D eigenvalue weighted by Crippen LogP contribution is 2.35. The molecule has 0 atom stereocenters. The number of aromatic nitrogens is 2. The molecule has 0 bridgehead atoms. The quantitative estimate of drug-likeness (QED) is 0.0490. The standard InChI is InChI=1S/C44H54N8O4/c1-6-8-10-12-14-16-18-33-20-24-35(25-21-33)47-49-39-31(3)37(30-45)41(53)51(43(39)55)28-29-52-42(54)38(46-5)32(4)40(44(52)56)50-48-36-26-22-34(23-27-36)19-17-15-13-11-9-7-2/h20-27,53-54H,6-19,28-29H2,1-4H3. The number of hydrogen-bond acceptors (Lipinski definition) is 9. The lowest BCUT2D eigenvalue weighted by Gasteiger charge is -2.16. The van der Waals surface area contributed by atoms with Gasteiger partial charge in [0.05, 0.1) is 17.9 Å². The molecule has 2 aromatic heterocycles. The minimum atomic E-state index is -0.743. The summed E-state index contributed by atoms with van der Waals surface area (Å²) in [7, 11) is 0. The molecule has 294 valence electrons. The van der Waals surface area contributed by atoms with Crippen LogP contribution in [0.3, 0.4) is 0 Å². The molecule has 56 heavy (non-hydrogen) atoms. The van der Waals surface area contributed by atoms with Gasteiger partial charge in [0.25, 0.3) is 11.1 Å². The Balaban J connectivity index is 1.53. The van der Waals surface area contributed by atoms with Crippen LogP contribution in [0.5, 0.6) is 11.8 Å². The summed E-state index contributed by atoms with van der Waals surface area (Å²) in [5.74, 6) is -1.22. The van der Waals surface area contributed by atoms with Gasteiger partial charge in [0.1, 0.15) is 17.3 Å². The van der Waals surface area contributed by atoms with E-state index in [1.165, 1.54) is 89.2 Å². The van der Waals surface area contributed by atoms with Gasteiger partial charge in [0.15, 0.2) is 11.6 Å². The van der Waals surface area contributed by atoms with E-state index >= 15 is 0 Å². The van der Waals surface area contributed by atoms with E-state index in [1.54, 1.807) is 0 Å². The third-order valence-electron chi connectivity index (χ3n) is 10.1. The normalized spacial score (nSPS) is 11.4. The highest BCUT2D eigenvalue weighted by molar-refractivity contribution is 5.67. The lowest BCUT2D eigenvalue weighted by molar-refractivity contribution is 0.371. The number of hydrogen-bond donors (Lipinski definition) is 2. The molecular weight excluding hydrogens is 705 g/mol. The van der Waals surface area contributed by atoms with E-state index < -0.39 is 22.9 Å². The molecule has 4 rings (SSSR count). The summed E-state index contributed by atoms with van der Waals surface area (Å²) >= 11 is 0. The van der Waals surface area contributed by atoms with Crippen molar-refractivity contribution in [2.45, 2.75) is 131 Å². The van der Waals surface area contributed by atoms with Gasteiger partial charge in [-0.05, 0) is 80.5 Å². The van der Waals surface area contributed by atoms with Crippen LogP contribution in [0.2, 0.25) is 0 Å². The van der Waals surface area contributed by atoms with Crippen LogP contribution in [0.25, 0.3) is 4.85 Å². The van der Waals surface area contributed by atoms with Crippen molar-refractivity contribution in [3.63, 3.8) is 0 Å². The van der Waals surface area contributed by atoms with Crippen molar-refractivity contribution in [3.05, 3.63) is 108 Å². The summed E-state index contributed by atoms with van der Waals surface area (Å²) in [5.41, 5.74) is 1.56. The Hall–Kier alpha value is -5.88. The number of aromatic hydroxyl groups is 2.